The molecule has 1 fully saturated rings. The third-order valence-corrected chi connectivity index (χ3v) is 3.75. The smallest absolute Gasteiger partial charge is 0.257 e. The molecule has 3 rings (SSSR count). The topological polar surface area (TPSA) is 50.2 Å². The number of nitrogens with zero attached hydrogens (tertiary/aromatic N) is 3. The molecule has 0 bridgehead atoms. The molecule has 112 valence electrons. The van der Waals surface area contributed by atoms with Crippen molar-refractivity contribution >= 4 is 18.3 Å². The minimum atomic E-state index is 0. The zero-order chi connectivity index (χ0) is 13.9. The molecule has 2 heterocycles. The van der Waals surface area contributed by atoms with Crippen LogP contribution in [0.2, 0.25) is 0 Å². The Labute approximate surface area is 130 Å². The van der Waals surface area contributed by atoms with Crippen molar-refractivity contribution in [2.45, 2.75) is 12.5 Å². The number of hydrogen-bond donors (Lipinski definition) is 1. The molecule has 0 spiro atoms. The van der Waals surface area contributed by atoms with Crippen molar-refractivity contribution in [1.82, 2.24) is 20.0 Å². The van der Waals surface area contributed by atoms with Crippen LogP contribution in [0, 0.1) is 0 Å². The fourth-order valence-electron chi connectivity index (χ4n) is 2.49. The van der Waals surface area contributed by atoms with Crippen LogP contribution >= 0.6 is 12.4 Å². The van der Waals surface area contributed by atoms with Gasteiger partial charge in [0.05, 0.1) is 17.4 Å². The Hall–Kier alpha value is -1.85. The number of rotatable bonds is 3. The van der Waals surface area contributed by atoms with Gasteiger partial charge in [-0.1, -0.05) is 18.2 Å². The first-order valence-corrected chi connectivity index (χ1v) is 6.83. The van der Waals surface area contributed by atoms with Gasteiger partial charge in [0.2, 0.25) is 0 Å². The lowest BCUT2D eigenvalue weighted by molar-refractivity contribution is 0.0744. The Morgan fingerprint density at radius 1 is 1.38 bits per heavy atom. The monoisotopic (exact) mass is 306 g/mol. The fourth-order valence-corrected chi connectivity index (χ4v) is 2.49. The zero-order valence-electron chi connectivity index (χ0n) is 11.9. The van der Waals surface area contributed by atoms with E-state index in [1.807, 2.05) is 42.3 Å². The minimum Gasteiger partial charge on any atom is -0.337 e. The first kappa shape index (κ1) is 15.5. The third-order valence-electron chi connectivity index (χ3n) is 3.75. The highest BCUT2D eigenvalue weighted by molar-refractivity contribution is 5.93. The van der Waals surface area contributed by atoms with E-state index in [0.29, 0.717) is 5.56 Å². The second-order valence-corrected chi connectivity index (χ2v) is 5.07. The Morgan fingerprint density at radius 2 is 2.14 bits per heavy atom. The standard InChI is InChI=1S/C15H18N4O.ClH/c1-18(14-7-8-16-10-14)15(20)12-9-17-19(11-12)13-5-3-2-4-6-13;/h2-6,9,11,14,16H,7-8,10H2,1H3;1H. The number of halogens is 1. The van der Waals surface area contributed by atoms with Gasteiger partial charge in [-0.05, 0) is 25.1 Å². The van der Waals surface area contributed by atoms with Crippen LogP contribution in [0.15, 0.2) is 42.7 Å². The average molecular weight is 307 g/mol. The van der Waals surface area contributed by atoms with Gasteiger partial charge >= 0.3 is 0 Å². The van der Waals surface area contributed by atoms with Gasteiger partial charge < -0.3 is 10.2 Å². The Morgan fingerprint density at radius 3 is 2.81 bits per heavy atom. The van der Waals surface area contributed by atoms with Gasteiger partial charge in [0.15, 0.2) is 0 Å². The molecule has 1 N–H and O–H groups in total. The summed E-state index contributed by atoms with van der Waals surface area (Å²) >= 11 is 0. The predicted octanol–water partition coefficient (Wildman–Crippen LogP) is 1.73. The Kier molecular flexibility index (Phi) is 4.98. The van der Waals surface area contributed by atoms with E-state index in [1.165, 1.54) is 0 Å². The number of amides is 1. The molecular formula is C15H19ClN4O. The first-order valence-electron chi connectivity index (χ1n) is 6.83. The summed E-state index contributed by atoms with van der Waals surface area (Å²) in [7, 11) is 1.86. The average Bonchev–Trinajstić information content (AvgIpc) is 3.18. The van der Waals surface area contributed by atoms with E-state index in [4.69, 9.17) is 0 Å². The number of benzene rings is 1. The van der Waals surface area contributed by atoms with Gasteiger partial charge in [0.25, 0.3) is 5.91 Å². The Bertz CT molecular complexity index is 593. The van der Waals surface area contributed by atoms with Crippen LogP contribution in [0.1, 0.15) is 16.8 Å². The molecule has 0 aliphatic carbocycles. The lowest BCUT2D eigenvalue weighted by Gasteiger charge is -2.22. The van der Waals surface area contributed by atoms with E-state index in [2.05, 4.69) is 10.4 Å². The van der Waals surface area contributed by atoms with Gasteiger partial charge in [-0.15, -0.1) is 12.4 Å². The molecule has 0 saturated carbocycles. The molecule has 0 radical (unpaired) electrons. The van der Waals surface area contributed by atoms with Crippen LogP contribution in [0.5, 0.6) is 0 Å². The number of aromatic nitrogens is 2. The third kappa shape index (κ3) is 3.25. The van der Waals surface area contributed by atoms with Crippen molar-refractivity contribution in [3.05, 3.63) is 48.3 Å². The van der Waals surface area contributed by atoms with Gasteiger partial charge in [-0.3, -0.25) is 4.79 Å². The molecule has 21 heavy (non-hydrogen) atoms. The number of nitrogens with one attached hydrogen (secondary N) is 1. The lowest BCUT2D eigenvalue weighted by Crippen LogP contribution is -2.38. The van der Waals surface area contributed by atoms with E-state index < -0.39 is 0 Å². The first-order chi connectivity index (χ1) is 9.75. The van der Waals surface area contributed by atoms with E-state index in [9.17, 15) is 4.79 Å². The highest BCUT2D eigenvalue weighted by atomic mass is 35.5. The lowest BCUT2D eigenvalue weighted by atomic mass is 10.2. The summed E-state index contributed by atoms with van der Waals surface area (Å²) in [5.41, 5.74) is 1.58. The second-order valence-electron chi connectivity index (χ2n) is 5.07. The van der Waals surface area contributed by atoms with Crippen molar-refractivity contribution in [1.29, 1.82) is 0 Å². The summed E-state index contributed by atoms with van der Waals surface area (Å²) in [6.07, 6.45) is 4.43. The maximum atomic E-state index is 12.4. The highest BCUT2D eigenvalue weighted by Crippen LogP contribution is 2.13. The van der Waals surface area contributed by atoms with Gasteiger partial charge in [-0.2, -0.15) is 5.10 Å². The van der Waals surface area contributed by atoms with E-state index in [1.54, 1.807) is 17.1 Å². The maximum Gasteiger partial charge on any atom is 0.257 e. The molecule has 1 aliphatic rings. The van der Waals surface area contributed by atoms with Crippen LogP contribution in [0.4, 0.5) is 0 Å². The largest absolute Gasteiger partial charge is 0.337 e. The summed E-state index contributed by atoms with van der Waals surface area (Å²) in [6, 6.07) is 10.1. The quantitative estimate of drug-likeness (QED) is 0.939. The van der Waals surface area contributed by atoms with Crippen LogP contribution in [-0.2, 0) is 0 Å². The minimum absolute atomic E-state index is 0. The maximum absolute atomic E-state index is 12.4. The van der Waals surface area contributed by atoms with Crippen molar-refractivity contribution in [3.63, 3.8) is 0 Å². The molecule has 1 saturated heterocycles. The number of para-hydroxylation sites is 1. The van der Waals surface area contributed by atoms with E-state index >= 15 is 0 Å². The molecule has 5 nitrogen and oxygen atoms in total. The van der Waals surface area contributed by atoms with Gasteiger partial charge in [0.1, 0.15) is 0 Å². The van der Waals surface area contributed by atoms with Crippen LogP contribution in [0.3, 0.4) is 0 Å². The fraction of sp³-hybridized carbons (Fsp3) is 0.333. The van der Waals surface area contributed by atoms with Crippen molar-refractivity contribution in [2.24, 2.45) is 0 Å². The molecular weight excluding hydrogens is 288 g/mol. The molecule has 1 atom stereocenters. The van der Waals surface area contributed by atoms with Gasteiger partial charge in [0, 0.05) is 25.8 Å². The van der Waals surface area contributed by atoms with Gasteiger partial charge in [-0.25, -0.2) is 4.68 Å². The normalized spacial score (nSPS) is 17.3. The number of carbonyl (C=O) groups is 1. The van der Waals surface area contributed by atoms with Crippen molar-refractivity contribution in [2.75, 3.05) is 20.1 Å². The van der Waals surface area contributed by atoms with Crippen molar-refractivity contribution < 1.29 is 4.79 Å². The summed E-state index contributed by atoms with van der Waals surface area (Å²) in [4.78, 5) is 14.2. The summed E-state index contributed by atoms with van der Waals surface area (Å²) in [6.45, 7) is 1.85. The summed E-state index contributed by atoms with van der Waals surface area (Å²) in [5, 5.41) is 7.55. The second kappa shape index (κ2) is 6.74. The molecule has 1 amide bonds. The summed E-state index contributed by atoms with van der Waals surface area (Å²) < 4.78 is 1.73. The zero-order valence-corrected chi connectivity index (χ0v) is 12.7. The summed E-state index contributed by atoms with van der Waals surface area (Å²) in [5.74, 6) is 0.0286. The molecule has 2 aromatic rings. The molecule has 1 aliphatic heterocycles. The molecule has 1 unspecified atom stereocenters. The molecule has 1 aromatic heterocycles. The number of likely N-dealkylation sites (N-methyl/N-ethyl adjacent to an activating group) is 1. The molecule has 1 aromatic carbocycles. The van der Waals surface area contributed by atoms with E-state index in [0.717, 1.165) is 25.2 Å². The van der Waals surface area contributed by atoms with Crippen LogP contribution in [-0.4, -0.2) is 46.8 Å². The molecule has 6 heteroatoms. The number of hydrogen-bond acceptors (Lipinski definition) is 3. The van der Waals surface area contributed by atoms with Crippen LogP contribution < -0.4 is 5.32 Å². The highest BCUT2D eigenvalue weighted by Gasteiger charge is 2.24. The van der Waals surface area contributed by atoms with Crippen molar-refractivity contribution in [3.8, 4) is 5.69 Å². The van der Waals surface area contributed by atoms with E-state index in [-0.39, 0.29) is 24.4 Å². The van der Waals surface area contributed by atoms with Crippen LogP contribution in [0.25, 0.3) is 5.69 Å². The number of carbonyl (C=O) groups excluding carboxylic acids is 1. The SMILES string of the molecule is CN(C(=O)c1cnn(-c2ccccc2)c1)C1CCNC1.Cl. The predicted molar refractivity (Wildman–Crippen MR) is 84.2 cm³/mol. The Balaban J connectivity index is 0.00000161.